The third-order valence-electron chi connectivity index (χ3n) is 6.59. The lowest BCUT2D eigenvalue weighted by Crippen LogP contribution is -2.43. The van der Waals surface area contributed by atoms with Crippen LogP contribution in [0.1, 0.15) is 48.9 Å². The first-order chi connectivity index (χ1) is 16.2. The molecule has 176 valence electrons. The van der Waals surface area contributed by atoms with Crippen molar-refractivity contribution in [3.63, 3.8) is 0 Å². The Morgan fingerprint density at radius 2 is 1.44 bits per heavy atom. The molecule has 0 unspecified atom stereocenters. The van der Waals surface area contributed by atoms with Gasteiger partial charge in [-0.25, -0.2) is 0 Å². The number of benzene rings is 3. The molecule has 4 rings (SSSR count). The van der Waals surface area contributed by atoms with Crippen LogP contribution in [0.5, 0.6) is 0 Å². The zero-order valence-electron chi connectivity index (χ0n) is 19.8. The Morgan fingerprint density at radius 1 is 0.912 bits per heavy atom. The molecular weight excluding hydrogens is 426 g/mol. The van der Waals surface area contributed by atoms with Gasteiger partial charge in [0.1, 0.15) is 6.61 Å². The number of esters is 1. The highest BCUT2D eigenvalue weighted by molar-refractivity contribution is 5.95. The topological polar surface area (TPSA) is 89.6 Å². The summed E-state index contributed by atoms with van der Waals surface area (Å²) < 4.78 is 5.59. The van der Waals surface area contributed by atoms with Gasteiger partial charge in [0.05, 0.1) is 0 Å². The Balaban J connectivity index is 1.46. The van der Waals surface area contributed by atoms with Gasteiger partial charge in [0, 0.05) is 12.0 Å². The van der Waals surface area contributed by atoms with Gasteiger partial charge in [-0.1, -0.05) is 93.6 Å². The number of carboxylic acids is 1. The Labute approximate surface area is 200 Å². The van der Waals surface area contributed by atoms with E-state index in [2.05, 4.69) is 32.9 Å². The molecule has 0 amide bonds. The Morgan fingerprint density at radius 3 is 1.94 bits per heavy atom. The maximum atomic E-state index is 12.9. The van der Waals surface area contributed by atoms with Gasteiger partial charge in [-0.05, 0) is 45.2 Å². The van der Waals surface area contributed by atoms with E-state index in [1.807, 2.05) is 60.7 Å². The third kappa shape index (κ3) is 4.75. The van der Waals surface area contributed by atoms with Crippen LogP contribution in [-0.2, 0) is 26.2 Å². The van der Waals surface area contributed by atoms with Crippen molar-refractivity contribution in [3.8, 4) is 11.1 Å². The first-order valence-corrected chi connectivity index (χ1v) is 11.6. The molecule has 0 saturated heterocycles. The molecule has 0 bridgehead atoms. The molecule has 0 spiro atoms. The van der Waals surface area contributed by atoms with Crippen molar-refractivity contribution < 1.29 is 19.4 Å². The molecule has 5 heteroatoms. The lowest BCUT2D eigenvalue weighted by atomic mass is 9.86. The SMILES string of the molecule is CC(C)(C)c1ccc(C[C@H](N)[C@@H](C(=O)O)C(=O)OCC2c3ccccc3-c3ccccc32)cc1. The maximum Gasteiger partial charge on any atom is 0.321 e. The molecule has 3 aromatic rings. The lowest BCUT2D eigenvalue weighted by Gasteiger charge is -2.22. The van der Waals surface area contributed by atoms with Gasteiger partial charge in [0.15, 0.2) is 5.92 Å². The monoisotopic (exact) mass is 457 g/mol. The number of aliphatic carboxylic acids is 1. The van der Waals surface area contributed by atoms with E-state index in [4.69, 9.17) is 10.5 Å². The van der Waals surface area contributed by atoms with Crippen LogP contribution in [0.4, 0.5) is 0 Å². The molecule has 3 aromatic carbocycles. The number of rotatable bonds is 7. The summed E-state index contributed by atoms with van der Waals surface area (Å²) >= 11 is 0. The van der Waals surface area contributed by atoms with Gasteiger partial charge < -0.3 is 15.6 Å². The van der Waals surface area contributed by atoms with Gasteiger partial charge >= 0.3 is 11.9 Å². The highest BCUT2D eigenvalue weighted by atomic mass is 16.5. The van der Waals surface area contributed by atoms with Crippen LogP contribution in [0.15, 0.2) is 72.8 Å². The summed E-state index contributed by atoms with van der Waals surface area (Å²) in [6.45, 7) is 6.46. The van der Waals surface area contributed by atoms with Crippen LogP contribution in [0.25, 0.3) is 11.1 Å². The van der Waals surface area contributed by atoms with E-state index in [9.17, 15) is 14.7 Å². The quantitative estimate of drug-likeness (QED) is 0.389. The highest BCUT2D eigenvalue weighted by Crippen LogP contribution is 2.44. The Hall–Kier alpha value is -3.44. The number of hydrogen-bond donors (Lipinski definition) is 2. The van der Waals surface area contributed by atoms with Gasteiger partial charge in [-0.2, -0.15) is 0 Å². The van der Waals surface area contributed by atoms with E-state index in [1.165, 1.54) is 5.56 Å². The third-order valence-corrected chi connectivity index (χ3v) is 6.59. The molecule has 0 fully saturated rings. The molecule has 1 aliphatic rings. The van der Waals surface area contributed by atoms with E-state index >= 15 is 0 Å². The van der Waals surface area contributed by atoms with Crippen molar-refractivity contribution in [1.82, 2.24) is 0 Å². The molecule has 2 atom stereocenters. The van der Waals surface area contributed by atoms with Crippen molar-refractivity contribution in [1.29, 1.82) is 0 Å². The van der Waals surface area contributed by atoms with E-state index in [0.29, 0.717) is 0 Å². The molecule has 0 radical (unpaired) electrons. The fourth-order valence-electron chi connectivity index (χ4n) is 4.68. The zero-order valence-corrected chi connectivity index (χ0v) is 19.8. The van der Waals surface area contributed by atoms with Crippen molar-refractivity contribution in [2.75, 3.05) is 6.61 Å². The fraction of sp³-hybridized carbons (Fsp3) is 0.310. The minimum Gasteiger partial charge on any atom is -0.481 e. The minimum absolute atomic E-state index is 0.0194. The average Bonchev–Trinajstić information content (AvgIpc) is 3.11. The molecule has 3 N–H and O–H groups in total. The number of ether oxygens (including phenoxy) is 1. The smallest absolute Gasteiger partial charge is 0.321 e. The Kier molecular flexibility index (Phi) is 6.58. The van der Waals surface area contributed by atoms with Crippen molar-refractivity contribution >= 4 is 11.9 Å². The summed E-state index contributed by atoms with van der Waals surface area (Å²) in [4.78, 5) is 24.9. The zero-order chi connectivity index (χ0) is 24.5. The fourth-order valence-corrected chi connectivity index (χ4v) is 4.68. The van der Waals surface area contributed by atoms with Gasteiger partial charge in [-0.3, -0.25) is 9.59 Å². The molecule has 5 nitrogen and oxygen atoms in total. The number of nitrogens with two attached hydrogens (primary N) is 1. The van der Waals surface area contributed by atoms with Gasteiger partial charge in [0.25, 0.3) is 0 Å². The van der Waals surface area contributed by atoms with Crippen LogP contribution in [0.2, 0.25) is 0 Å². The van der Waals surface area contributed by atoms with E-state index in [-0.39, 0.29) is 24.4 Å². The largest absolute Gasteiger partial charge is 0.481 e. The van der Waals surface area contributed by atoms with E-state index in [0.717, 1.165) is 27.8 Å². The molecule has 0 heterocycles. The second kappa shape index (κ2) is 9.43. The normalized spacial score (nSPS) is 14.7. The number of carboxylic acid groups (broad SMARTS) is 1. The predicted molar refractivity (Wildman–Crippen MR) is 133 cm³/mol. The van der Waals surface area contributed by atoms with Crippen LogP contribution in [0.3, 0.4) is 0 Å². The summed E-state index contributed by atoms with van der Waals surface area (Å²) in [6, 6.07) is 23.1. The second-order valence-electron chi connectivity index (χ2n) is 9.99. The molecule has 0 saturated carbocycles. The average molecular weight is 458 g/mol. The standard InChI is InChI=1S/C29H31NO4/c1-29(2,3)19-14-12-18(13-15-19)16-25(30)26(27(31)32)28(33)34-17-24-22-10-6-4-8-20(22)21-9-5-7-11-23(21)24/h4-15,24-26H,16-17,30H2,1-3H3,(H,31,32)/t25-,26-/m0/s1. The van der Waals surface area contributed by atoms with Gasteiger partial charge in [0.2, 0.25) is 0 Å². The molecule has 34 heavy (non-hydrogen) atoms. The van der Waals surface area contributed by atoms with Crippen molar-refractivity contribution in [2.45, 2.75) is 44.6 Å². The van der Waals surface area contributed by atoms with Crippen LogP contribution in [-0.4, -0.2) is 29.7 Å². The number of hydrogen-bond acceptors (Lipinski definition) is 4. The second-order valence-corrected chi connectivity index (χ2v) is 9.99. The van der Waals surface area contributed by atoms with E-state index < -0.39 is 23.9 Å². The number of carbonyl (C=O) groups excluding carboxylic acids is 1. The lowest BCUT2D eigenvalue weighted by molar-refractivity contribution is -0.159. The summed E-state index contributed by atoms with van der Waals surface area (Å²) in [5.41, 5.74) is 12.7. The number of fused-ring (bicyclic) bond motifs is 3. The number of carbonyl (C=O) groups is 2. The van der Waals surface area contributed by atoms with Crippen molar-refractivity contribution in [3.05, 3.63) is 95.1 Å². The molecule has 0 aliphatic heterocycles. The summed E-state index contributed by atoms with van der Waals surface area (Å²) in [6.07, 6.45) is 0.269. The first kappa shape index (κ1) is 23.7. The molecule has 0 aromatic heterocycles. The summed E-state index contributed by atoms with van der Waals surface area (Å²) in [5.74, 6) is -3.63. The summed E-state index contributed by atoms with van der Waals surface area (Å²) in [5, 5.41) is 9.77. The van der Waals surface area contributed by atoms with Gasteiger partial charge in [-0.15, -0.1) is 0 Å². The summed E-state index contributed by atoms with van der Waals surface area (Å²) in [7, 11) is 0. The predicted octanol–water partition coefficient (Wildman–Crippen LogP) is 4.91. The molecule has 1 aliphatic carbocycles. The maximum absolute atomic E-state index is 12.9. The highest BCUT2D eigenvalue weighted by Gasteiger charge is 2.36. The molecular formula is C29H31NO4. The van der Waals surface area contributed by atoms with Crippen LogP contribution < -0.4 is 5.73 Å². The Bertz CT molecular complexity index is 1150. The minimum atomic E-state index is -1.44. The van der Waals surface area contributed by atoms with Crippen molar-refractivity contribution in [2.24, 2.45) is 11.7 Å². The van der Waals surface area contributed by atoms with Crippen LogP contribution >= 0.6 is 0 Å². The first-order valence-electron chi connectivity index (χ1n) is 11.6. The van der Waals surface area contributed by atoms with Crippen LogP contribution in [0, 0.1) is 5.92 Å². The van der Waals surface area contributed by atoms with E-state index in [1.54, 1.807) is 0 Å².